The van der Waals surface area contributed by atoms with Crippen molar-refractivity contribution in [1.29, 1.82) is 0 Å². The Labute approximate surface area is 223 Å². The van der Waals surface area contributed by atoms with Crippen LogP contribution in [-0.4, -0.2) is 45.3 Å². The second kappa shape index (κ2) is 11.2. The molecular formula is C28H29F2N7O2. The van der Waals surface area contributed by atoms with Crippen LogP contribution in [0.15, 0.2) is 76.7 Å². The zero-order chi connectivity index (χ0) is 27.5. The molecule has 2 aromatic heterocycles. The molecule has 202 valence electrons. The molecule has 39 heavy (non-hydrogen) atoms. The molecule has 9 nitrogen and oxygen atoms in total. The van der Waals surface area contributed by atoms with Gasteiger partial charge in [0.05, 0.1) is 19.3 Å². The smallest absolute Gasteiger partial charge is 0.331 e. The second-order valence-electron chi connectivity index (χ2n) is 9.47. The largest absolute Gasteiger partial charge is 0.362 e. The Hall–Kier alpha value is -4.38. The van der Waals surface area contributed by atoms with Gasteiger partial charge in [-0.2, -0.15) is 0 Å². The molecule has 0 unspecified atom stereocenters. The second-order valence-corrected chi connectivity index (χ2v) is 9.47. The van der Waals surface area contributed by atoms with Crippen molar-refractivity contribution in [2.75, 3.05) is 36.0 Å². The molecule has 3 heterocycles. The van der Waals surface area contributed by atoms with E-state index in [9.17, 15) is 18.4 Å². The summed E-state index contributed by atoms with van der Waals surface area (Å²) in [5, 5.41) is 0. The Morgan fingerprint density at radius 1 is 0.897 bits per heavy atom. The number of hydrogen-bond donors (Lipinski definition) is 1. The quantitative estimate of drug-likeness (QED) is 0.389. The monoisotopic (exact) mass is 533 g/mol. The molecule has 0 aliphatic carbocycles. The predicted octanol–water partition coefficient (Wildman–Crippen LogP) is 2.46. The normalized spacial score (nSPS) is 14.5. The average Bonchev–Trinajstić information content (AvgIpc) is 2.96. The van der Waals surface area contributed by atoms with Crippen LogP contribution in [0.2, 0.25) is 0 Å². The van der Waals surface area contributed by atoms with Crippen molar-refractivity contribution < 1.29 is 8.78 Å². The van der Waals surface area contributed by atoms with Crippen molar-refractivity contribution in [1.82, 2.24) is 19.1 Å². The van der Waals surface area contributed by atoms with E-state index in [4.69, 9.17) is 5.73 Å². The molecule has 0 radical (unpaired) electrons. The molecule has 1 aliphatic heterocycles. The highest BCUT2D eigenvalue weighted by atomic mass is 19.1. The maximum Gasteiger partial charge on any atom is 0.331 e. The van der Waals surface area contributed by atoms with E-state index in [1.165, 1.54) is 10.6 Å². The van der Waals surface area contributed by atoms with Gasteiger partial charge in [-0.1, -0.05) is 36.4 Å². The summed E-state index contributed by atoms with van der Waals surface area (Å²) in [5.74, 6) is -0.793. The van der Waals surface area contributed by atoms with Crippen LogP contribution in [0.25, 0.3) is 0 Å². The van der Waals surface area contributed by atoms with Gasteiger partial charge in [0.1, 0.15) is 23.1 Å². The third kappa shape index (κ3) is 5.30. The summed E-state index contributed by atoms with van der Waals surface area (Å²) in [6.45, 7) is 3.27. The lowest BCUT2D eigenvalue weighted by atomic mass is 10.1. The maximum absolute atomic E-state index is 14.6. The fourth-order valence-corrected chi connectivity index (χ4v) is 4.96. The number of nitrogens with zero attached hydrogens (tertiary/aromatic N) is 6. The number of hydrogen-bond acceptors (Lipinski definition) is 7. The molecule has 2 aromatic carbocycles. The minimum Gasteiger partial charge on any atom is -0.362 e. The van der Waals surface area contributed by atoms with Crippen molar-refractivity contribution >= 4 is 11.5 Å². The third-order valence-electron chi connectivity index (χ3n) is 7.11. The molecule has 1 fully saturated rings. The summed E-state index contributed by atoms with van der Waals surface area (Å²) < 4.78 is 31.5. The maximum atomic E-state index is 14.6. The number of rotatable bonds is 7. The molecule has 0 spiro atoms. The fraction of sp³-hybridized carbons (Fsp3) is 0.286. The van der Waals surface area contributed by atoms with Crippen LogP contribution in [0, 0.1) is 18.6 Å². The third-order valence-corrected chi connectivity index (χ3v) is 7.11. The lowest BCUT2D eigenvalue weighted by Crippen LogP contribution is -2.52. The fourth-order valence-electron chi connectivity index (χ4n) is 4.96. The Morgan fingerprint density at radius 3 is 2.21 bits per heavy atom. The summed E-state index contributed by atoms with van der Waals surface area (Å²) >= 11 is 0. The molecule has 1 atom stereocenters. The summed E-state index contributed by atoms with van der Waals surface area (Å²) in [6.07, 6.45) is 4.91. The zero-order valence-corrected chi connectivity index (χ0v) is 21.5. The lowest BCUT2D eigenvalue weighted by Gasteiger charge is -2.37. The highest BCUT2D eigenvalue weighted by Gasteiger charge is 2.27. The number of benzene rings is 2. The SMILES string of the molecule is Cc1c(N2CCN(c3cnccn3)CC2)c(=O)n(C[C@H](N)c2ccccc2)c(=O)n1Cc1c(F)cccc1F. The van der Waals surface area contributed by atoms with E-state index in [2.05, 4.69) is 14.9 Å². The molecule has 5 rings (SSSR count). The van der Waals surface area contributed by atoms with Crippen LogP contribution in [0.1, 0.15) is 22.9 Å². The molecule has 1 aliphatic rings. The summed E-state index contributed by atoms with van der Waals surface area (Å²) in [5.41, 5.74) is 6.40. The summed E-state index contributed by atoms with van der Waals surface area (Å²) in [7, 11) is 0. The number of piperazine rings is 1. The first kappa shape index (κ1) is 26.2. The lowest BCUT2D eigenvalue weighted by molar-refractivity contribution is 0.489. The predicted molar refractivity (Wildman–Crippen MR) is 145 cm³/mol. The van der Waals surface area contributed by atoms with E-state index >= 15 is 0 Å². The standard InChI is InChI=1S/C28H29F2N7O2/c1-19-26(35-14-12-34(13-15-35)25-16-32-10-11-33-25)27(38)37(18-24(31)20-6-3-2-4-7-20)28(39)36(19)17-21-22(29)8-5-9-23(21)30/h2-11,16,24H,12-15,17-18,31H2,1H3/t24-/m0/s1. The van der Waals surface area contributed by atoms with Crippen molar-refractivity contribution in [2.45, 2.75) is 26.1 Å². The van der Waals surface area contributed by atoms with Crippen LogP contribution in [-0.2, 0) is 13.1 Å². The van der Waals surface area contributed by atoms with Crippen LogP contribution >= 0.6 is 0 Å². The Morgan fingerprint density at radius 2 is 1.56 bits per heavy atom. The van der Waals surface area contributed by atoms with E-state index in [-0.39, 0.29) is 18.7 Å². The minimum absolute atomic E-state index is 0.0890. The summed E-state index contributed by atoms with van der Waals surface area (Å²) in [4.78, 5) is 39.9. The van der Waals surface area contributed by atoms with Crippen LogP contribution < -0.4 is 26.8 Å². The number of halogens is 2. The van der Waals surface area contributed by atoms with E-state index in [0.717, 1.165) is 28.1 Å². The van der Waals surface area contributed by atoms with Crippen LogP contribution in [0.4, 0.5) is 20.3 Å². The zero-order valence-electron chi connectivity index (χ0n) is 21.5. The van der Waals surface area contributed by atoms with Gasteiger partial charge >= 0.3 is 5.69 Å². The van der Waals surface area contributed by atoms with Gasteiger partial charge in [0.25, 0.3) is 5.56 Å². The van der Waals surface area contributed by atoms with Crippen molar-refractivity contribution in [3.63, 3.8) is 0 Å². The minimum atomic E-state index is -0.765. The molecule has 11 heteroatoms. The van der Waals surface area contributed by atoms with Gasteiger partial charge < -0.3 is 15.5 Å². The number of nitrogens with two attached hydrogens (primary N) is 1. The number of anilines is 2. The van der Waals surface area contributed by atoms with Gasteiger partial charge in [0, 0.05) is 55.9 Å². The van der Waals surface area contributed by atoms with Crippen LogP contribution in [0.3, 0.4) is 0 Å². The Bertz CT molecular complexity index is 1550. The van der Waals surface area contributed by atoms with Gasteiger partial charge in [-0.05, 0) is 24.6 Å². The topological polar surface area (TPSA) is 102 Å². The first-order valence-corrected chi connectivity index (χ1v) is 12.7. The summed E-state index contributed by atoms with van der Waals surface area (Å²) in [6, 6.07) is 12.1. The molecular weight excluding hydrogens is 504 g/mol. The first-order chi connectivity index (χ1) is 18.8. The molecule has 2 N–H and O–H groups in total. The Kier molecular flexibility index (Phi) is 7.51. The van der Waals surface area contributed by atoms with Gasteiger partial charge in [0.15, 0.2) is 0 Å². The molecule has 0 amide bonds. The highest BCUT2D eigenvalue weighted by molar-refractivity contribution is 5.51. The van der Waals surface area contributed by atoms with E-state index in [0.29, 0.717) is 37.6 Å². The van der Waals surface area contributed by atoms with Gasteiger partial charge in [-0.15, -0.1) is 0 Å². The van der Waals surface area contributed by atoms with Gasteiger partial charge in [-0.25, -0.2) is 18.6 Å². The van der Waals surface area contributed by atoms with E-state index < -0.39 is 28.9 Å². The highest BCUT2D eigenvalue weighted by Crippen LogP contribution is 2.21. The molecule has 4 aromatic rings. The van der Waals surface area contributed by atoms with E-state index in [1.807, 2.05) is 35.2 Å². The van der Waals surface area contributed by atoms with Crippen LogP contribution in [0.5, 0.6) is 0 Å². The van der Waals surface area contributed by atoms with Crippen molar-refractivity contribution in [3.8, 4) is 0 Å². The van der Waals surface area contributed by atoms with Crippen molar-refractivity contribution in [2.24, 2.45) is 5.73 Å². The van der Waals surface area contributed by atoms with E-state index in [1.54, 1.807) is 25.5 Å². The first-order valence-electron chi connectivity index (χ1n) is 12.7. The number of aromatic nitrogens is 4. The molecule has 0 bridgehead atoms. The van der Waals surface area contributed by atoms with Gasteiger partial charge in [0.2, 0.25) is 0 Å². The molecule has 0 saturated carbocycles. The van der Waals surface area contributed by atoms with Gasteiger partial charge in [-0.3, -0.25) is 18.9 Å². The Balaban J connectivity index is 1.55. The average molecular weight is 534 g/mol. The van der Waals surface area contributed by atoms with Crippen molar-refractivity contribution in [3.05, 3.63) is 116 Å². The molecule has 1 saturated heterocycles.